The summed E-state index contributed by atoms with van der Waals surface area (Å²) in [4.78, 5) is 12.3. The van der Waals surface area contributed by atoms with E-state index in [4.69, 9.17) is 21.1 Å². The van der Waals surface area contributed by atoms with Crippen molar-refractivity contribution in [3.8, 4) is 11.5 Å². The summed E-state index contributed by atoms with van der Waals surface area (Å²) in [6, 6.07) is 19.3. The molecule has 0 bridgehead atoms. The number of carbonyl (C=O) groups excluding carboxylic acids is 1. The number of ether oxygens (including phenoxy) is 2. The van der Waals surface area contributed by atoms with Crippen LogP contribution in [-0.4, -0.2) is 13.0 Å². The van der Waals surface area contributed by atoms with E-state index in [2.05, 4.69) is 5.32 Å². The van der Waals surface area contributed by atoms with Gasteiger partial charge < -0.3 is 14.8 Å². The molecule has 0 fully saturated rings. The molecule has 4 nitrogen and oxygen atoms in total. The van der Waals surface area contributed by atoms with E-state index in [-0.39, 0.29) is 5.91 Å². The van der Waals surface area contributed by atoms with Crippen LogP contribution in [-0.2, 0) is 11.4 Å². The van der Waals surface area contributed by atoms with Crippen LogP contribution in [0, 0.1) is 13.8 Å². The maximum atomic E-state index is 12.3. The number of aryl methyl sites for hydroxylation is 2. The predicted molar refractivity (Wildman–Crippen MR) is 122 cm³/mol. The molecular weight excluding hydrogens is 398 g/mol. The Labute approximate surface area is 182 Å². The fraction of sp³-hybridized carbons (Fsp3) is 0.160. The molecule has 1 N–H and O–H groups in total. The van der Waals surface area contributed by atoms with Crippen LogP contribution in [0.3, 0.4) is 0 Å². The lowest BCUT2D eigenvalue weighted by molar-refractivity contribution is -0.111. The van der Waals surface area contributed by atoms with Crippen LogP contribution < -0.4 is 14.8 Å². The molecular formula is C25H24ClNO3. The molecule has 0 saturated carbocycles. The van der Waals surface area contributed by atoms with E-state index in [0.29, 0.717) is 28.8 Å². The third-order valence-electron chi connectivity index (χ3n) is 4.53. The average Bonchev–Trinajstić information content (AvgIpc) is 2.74. The molecule has 0 unspecified atom stereocenters. The zero-order chi connectivity index (χ0) is 21.5. The molecule has 0 radical (unpaired) electrons. The van der Waals surface area contributed by atoms with Crippen LogP contribution in [0.15, 0.2) is 66.7 Å². The summed E-state index contributed by atoms with van der Waals surface area (Å²) in [7, 11) is 1.59. The first-order valence-corrected chi connectivity index (χ1v) is 9.94. The molecule has 0 heterocycles. The first-order chi connectivity index (χ1) is 14.5. The molecule has 0 atom stereocenters. The number of methoxy groups -OCH3 is 1. The number of rotatable bonds is 7. The molecule has 154 valence electrons. The first-order valence-electron chi connectivity index (χ1n) is 9.57. The van der Waals surface area contributed by atoms with Gasteiger partial charge in [-0.2, -0.15) is 0 Å². The number of anilines is 1. The third-order valence-corrected chi connectivity index (χ3v) is 4.83. The van der Waals surface area contributed by atoms with E-state index in [1.165, 1.54) is 6.08 Å². The van der Waals surface area contributed by atoms with Gasteiger partial charge in [0.15, 0.2) is 11.5 Å². The smallest absolute Gasteiger partial charge is 0.248 e. The highest BCUT2D eigenvalue weighted by Gasteiger charge is 2.09. The number of nitrogens with one attached hydrogen (secondary N) is 1. The van der Waals surface area contributed by atoms with Crippen molar-refractivity contribution in [2.75, 3.05) is 12.4 Å². The van der Waals surface area contributed by atoms with Crippen molar-refractivity contribution in [1.82, 2.24) is 0 Å². The molecule has 0 spiro atoms. The van der Waals surface area contributed by atoms with Crippen LogP contribution in [0.2, 0.25) is 5.02 Å². The Hall–Kier alpha value is -3.24. The Morgan fingerprint density at radius 2 is 1.80 bits per heavy atom. The van der Waals surface area contributed by atoms with Crippen molar-refractivity contribution in [3.05, 3.63) is 94.0 Å². The van der Waals surface area contributed by atoms with Gasteiger partial charge >= 0.3 is 0 Å². The van der Waals surface area contributed by atoms with E-state index in [1.54, 1.807) is 13.2 Å². The summed E-state index contributed by atoms with van der Waals surface area (Å²) >= 11 is 6.26. The van der Waals surface area contributed by atoms with Crippen LogP contribution in [0.25, 0.3) is 6.08 Å². The van der Waals surface area contributed by atoms with Gasteiger partial charge in [0.05, 0.1) is 17.8 Å². The van der Waals surface area contributed by atoms with Crippen molar-refractivity contribution in [2.24, 2.45) is 0 Å². The zero-order valence-corrected chi connectivity index (χ0v) is 18.0. The maximum Gasteiger partial charge on any atom is 0.248 e. The Morgan fingerprint density at radius 1 is 1.03 bits per heavy atom. The second-order valence-corrected chi connectivity index (χ2v) is 7.35. The molecule has 0 aliphatic rings. The minimum Gasteiger partial charge on any atom is -0.493 e. The topological polar surface area (TPSA) is 47.6 Å². The zero-order valence-electron chi connectivity index (χ0n) is 17.2. The Kier molecular flexibility index (Phi) is 7.15. The molecule has 3 rings (SSSR count). The summed E-state index contributed by atoms with van der Waals surface area (Å²) in [6.07, 6.45) is 3.19. The number of hydrogen-bond acceptors (Lipinski definition) is 3. The highest BCUT2D eigenvalue weighted by Crippen LogP contribution is 2.30. The molecule has 1 amide bonds. The van der Waals surface area contributed by atoms with Gasteiger partial charge in [0.2, 0.25) is 5.91 Å². The van der Waals surface area contributed by atoms with Crippen molar-refractivity contribution in [2.45, 2.75) is 20.5 Å². The monoisotopic (exact) mass is 421 g/mol. The highest BCUT2D eigenvalue weighted by atomic mass is 35.5. The highest BCUT2D eigenvalue weighted by molar-refractivity contribution is 6.34. The molecule has 0 aliphatic heterocycles. The Bertz CT molecular complexity index is 1040. The minimum atomic E-state index is -0.257. The van der Waals surface area contributed by atoms with Gasteiger partial charge in [-0.15, -0.1) is 0 Å². The van der Waals surface area contributed by atoms with Crippen molar-refractivity contribution >= 4 is 29.3 Å². The summed E-state index contributed by atoms with van der Waals surface area (Å²) < 4.78 is 11.3. The van der Waals surface area contributed by atoms with Gasteiger partial charge in [-0.25, -0.2) is 0 Å². The van der Waals surface area contributed by atoms with Gasteiger partial charge in [-0.1, -0.05) is 54.1 Å². The number of halogens is 1. The second kappa shape index (κ2) is 9.99. The SMILES string of the molecule is COc1cc(C=CC(=O)Nc2c(C)cc(C)cc2Cl)ccc1OCc1ccccc1. The molecule has 0 aliphatic carbocycles. The van der Waals surface area contributed by atoms with Crippen LogP contribution in [0.4, 0.5) is 5.69 Å². The van der Waals surface area contributed by atoms with E-state index in [1.807, 2.05) is 74.5 Å². The fourth-order valence-corrected chi connectivity index (χ4v) is 3.42. The van der Waals surface area contributed by atoms with Gasteiger partial charge in [0.25, 0.3) is 0 Å². The van der Waals surface area contributed by atoms with Crippen molar-refractivity contribution in [3.63, 3.8) is 0 Å². The van der Waals surface area contributed by atoms with E-state index >= 15 is 0 Å². The molecule has 0 aromatic heterocycles. The molecule has 0 saturated heterocycles. The molecule has 5 heteroatoms. The molecule has 3 aromatic rings. The van der Waals surface area contributed by atoms with Gasteiger partial charge in [0, 0.05) is 6.08 Å². The Morgan fingerprint density at radius 3 is 2.50 bits per heavy atom. The van der Waals surface area contributed by atoms with Crippen LogP contribution in [0.1, 0.15) is 22.3 Å². The quantitative estimate of drug-likeness (QED) is 0.462. The van der Waals surface area contributed by atoms with Crippen molar-refractivity contribution < 1.29 is 14.3 Å². The number of amides is 1. The van der Waals surface area contributed by atoms with E-state index in [9.17, 15) is 4.79 Å². The fourth-order valence-electron chi connectivity index (χ4n) is 3.05. The summed E-state index contributed by atoms with van der Waals surface area (Å²) in [5.74, 6) is 0.989. The van der Waals surface area contributed by atoms with Gasteiger partial charge in [-0.05, 0) is 60.4 Å². The lowest BCUT2D eigenvalue weighted by Crippen LogP contribution is -2.09. The number of hydrogen-bond donors (Lipinski definition) is 1. The molecule has 30 heavy (non-hydrogen) atoms. The van der Waals surface area contributed by atoms with E-state index < -0.39 is 0 Å². The largest absolute Gasteiger partial charge is 0.493 e. The van der Waals surface area contributed by atoms with Crippen molar-refractivity contribution in [1.29, 1.82) is 0 Å². The number of benzene rings is 3. The van der Waals surface area contributed by atoms with Crippen LogP contribution >= 0.6 is 11.6 Å². The minimum absolute atomic E-state index is 0.257. The van der Waals surface area contributed by atoms with E-state index in [0.717, 1.165) is 22.3 Å². The number of carbonyl (C=O) groups is 1. The summed E-state index contributed by atoms with van der Waals surface area (Å²) in [6.45, 7) is 4.33. The van der Waals surface area contributed by atoms with Gasteiger partial charge in [-0.3, -0.25) is 4.79 Å². The normalized spacial score (nSPS) is 10.8. The summed E-state index contributed by atoms with van der Waals surface area (Å²) in [5, 5.41) is 3.36. The lowest BCUT2D eigenvalue weighted by Gasteiger charge is -2.12. The Balaban J connectivity index is 1.67. The first kappa shape index (κ1) is 21.5. The predicted octanol–water partition coefficient (Wildman–Crippen LogP) is 6.20. The van der Waals surface area contributed by atoms with Gasteiger partial charge in [0.1, 0.15) is 6.61 Å². The third kappa shape index (κ3) is 5.65. The summed E-state index contributed by atoms with van der Waals surface area (Å²) in [5.41, 5.74) is 4.49. The lowest BCUT2D eigenvalue weighted by atomic mass is 10.1. The second-order valence-electron chi connectivity index (χ2n) is 6.95. The average molecular weight is 422 g/mol. The standard InChI is InChI=1S/C25H24ClNO3/c1-17-13-18(2)25(21(26)14-17)27-24(28)12-10-19-9-11-22(23(15-19)29-3)30-16-20-7-5-4-6-8-20/h4-15H,16H2,1-3H3,(H,27,28). The van der Waals surface area contributed by atoms with Crippen LogP contribution in [0.5, 0.6) is 11.5 Å². The molecule has 3 aromatic carbocycles. The maximum absolute atomic E-state index is 12.3.